The zero-order chi connectivity index (χ0) is 24.4. The van der Waals surface area contributed by atoms with E-state index in [1.54, 1.807) is 0 Å². The smallest absolute Gasteiger partial charge is 0.253 e. The van der Waals surface area contributed by atoms with Crippen molar-refractivity contribution in [3.8, 4) is 11.5 Å². The van der Waals surface area contributed by atoms with E-state index in [0.717, 1.165) is 39.1 Å². The van der Waals surface area contributed by atoms with Crippen LogP contribution in [0.4, 0.5) is 0 Å². The molecule has 1 aromatic heterocycles. The Kier molecular flexibility index (Phi) is 6.42. The van der Waals surface area contributed by atoms with Crippen LogP contribution in [-0.2, 0) is 13.1 Å². The van der Waals surface area contributed by atoms with Gasteiger partial charge in [0.1, 0.15) is 0 Å². The van der Waals surface area contributed by atoms with E-state index in [-0.39, 0.29) is 18.4 Å². The Balaban J connectivity index is 1.44. The predicted octanol–water partition coefficient (Wildman–Crippen LogP) is 5.20. The van der Waals surface area contributed by atoms with Crippen LogP contribution in [0.2, 0.25) is 0 Å². The zero-order valence-corrected chi connectivity index (χ0v) is 20.5. The van der Waals surface area contributed by atoms with Crippen LogP contribution in [0.3, 0.4) is 0 Å². The maximum atomic E-state index is 12.9. The molecule has 0 amide bonds. The number of nitrogens with zero attached hydrogens (tertiary/aromatic N) is 1. The van der Waals surface area contributed by atoms with Gasteiger partial charge in [0.05, 0.1) is 12.6 Å². The van der Waals surface area contributed by atoms with Crippen LogP contribution in [0.5, 0.6) is 11.5 Å². The first-order valence-electron chi connectivity index (χ1n) is 11.6. The third kappa shape index (κ3) is 5.15. The van der Waals surface area contributed by atoms with Gasteiger partial charge in [-0.25, -0.2) is 0 Å². The summed E-state index contributed by atoms with van der Waals surface area (Å²) in [4.78, 5) is 18.0. The standard InChI is InChI=1S/C28H27N3O3S/c1-18-8-10-24-22(12-18)14-23(27(32)30-24)16-31(15-20-9-11-25-26(13-20)34-17-33-25)28(35)29-19(2)21-6-4-3-5-7-21/h3-14,19H,15-17H2,1-2H3,(H,29,35)(H,30,32)/t19-/m0/s1. The fraction of sp³-hybridized carbons (Fsp3) is 0.214. The van der Waals surface area contributed by atoms with Gasteiger partial charge in [-0.1, -0.05) is 48.0 Å². The highest BCUT2D eigenvalue weighted by Gasteiger charge is 2.19. The number of rotatable bonds is 6. The first-order chi connectivity index (χ1) is 17.0. The van der Waals surface area contributed by atoms with Crippen molar-refractivity contribution >= 4 is 28.2 Å². The molecule has 0 unspecified atom stereocenters. The van der Waals surface area contributed by atoms with Crippen molar-refractivity contribution in [3.05, 3.63) is 105 Å². The number of fused-ring (bicyclic) bond motifs is 2. The summed E-state index contributed by atoms with van der Waals surface area (Å²) in [6.07, 6.45) is 0. The summed E-state index contributed by atoms with van der Waals surface area (Å²) in [7, 11) is 0. The first kappa shape index (κ1) is 22.9. The second-order valence-electron chi connectivity index (χ2n) is 8.84. The molecule has 2 N–H and O–H groups in total. The van der Waals surface area contributed by atoms with E-state index < -0.39 is 0 Å². The average Bonchev–Trinajstić information content (AvgIpc) is 3.32. The Morgan fingerprint density at radius 2 is 1.83 bits per heavy atom. The number of aromatic nitrogens is 1. The molecule has 35 heavy (non-hydrogen) atoms. The Labute approximate surface area is 209 Å². The molecule has 0 spiro atoms. The lowest BCUT2D eigenvalue weighted by Crippen LogP contribution is -2.41. The first-order valence-corrected chi connectivity index (χ1v) is 12.0. The van der Waals surface area contributed by atoms with E-state index in [9.17, 15) is 4.79 Å². The second-order valence-corrected chi connectivity index (χ2v) is 9.23. The van der Waals surface area contributed by atoms with Crippen LogP contribution in [-0.4, -0.2) is 21.8 Å². The van der Waals surface area contributed by atoms with Crippen molar-refractivity contribution in [2.75, 3.05) is 6.79 Å². The Morgan fingerprint density at radius 1 is 1.03 bits per heavy atom. The molecule has 0 radical (unpaired) electrons. The van der Waals surface area contributed by atoms with Gasteiger partial charge in [0, 0.05) is 17.6 Å². The maximum Gasteiger partial charge on any atom is 0.253 e. The third-order valence-electron chi connectivity index (χ3n) is 6.18. The van der Waals surface area contributed by atoms with E-state index in [4.69, 9.17) is 21.7 Å². The molecule has 4 aromatic rings. The molecule has 1 aliphatic rings. The minimum absolute atomic E-state index is 0.0143. The van der Waals surface area contributed by atoms with Gasteiger partial charge in [0.15, 0.2) is 16.6 Å². The van der Waals surface area contributed by atoms with Crippen LogP contribution in [0.25, 0.3) is 10.9 Å². The molecule has 0 saturated carbocycles. The van der Waals surface area contributed by atoms with E-state index in [0.29, 0.717) is 23.8 Å². The van der Waals surface area contributed by atoms with Gasteiger partial charge >= 0.3 is 0 Å². The number of benzene rings is 3. The van der Waals surface area contributed by atoms with E-state index >= 15 is 0 Å². The van der Waals surface area contributed by atoms with Crippen molar-refractivity contribution in [1.82, 2.24) is 15.2 Å². The summed E-state index contributed by atoms with van der Waals surface area (Å²) in [5.41, 5.74) is 4.65. The van der Waals surface area contributed by atoms with E-state index in [1.165, 1.54) is 0 Å². The third-order valence-corrected chi connectivity index (χ3v) is 6.55. The number of hydrogen-bond donors (Lipinski definition) is 2. The molecule has 0 fully saturated rings. The number of aryl methyl sites for hydroxylation is 1. The molecule has 1 aliphatic heterocycles. The SMILES string of the molecule is Cc1ccc2[nH]c(=O)c(CN(Cc3ccc4c(c3)OCO4)C(=S)N[C@@H](C)c3ccccc3)cc2c1. The second kappa shape index (κ2) is 9.80. The van der Waals surface area contributed by atoms with Crippen LogP contribution in [0.1, 0.15) is 35.2 Å². The number of thiocarbonyl (C=S) groups is 1. The molecule has 2 heterocycles. The Morgan fingerprint density at radius 3 is 2.66 bits per heavy atom. The molecule has 1 atom stereocenters. The number of H-pyrrole nitrogens is 1. The van der Waals surface area contributed by atoms with E-state index in [1.807, 2.05) is 66.4 Å². The number of aromatic amines is 1. The van der Waals surface area contributed by atoms with Gasteiger partial charge in [-0.05, 0) is 72.9 Å². The van der Waals surface area contributed by atoms with Crippen LogP contribution < -0.4 is 20.3 Å². The van der Waals surface area contributed by atoms with Crippen molar-refractivity contribution in [2.24, 2.45) is 0 Å². The van der Waals surface area contributed by atoms with Gasteiger partial charge in [0.2, 0.25) is 6.79 Å². The molecular weight excluding hydrogens is 458 g/mol. The summed E-state index contributed by atoms with van der Waals surface area (Å²) in [5, 5.41) is 5.02. The Hall–Kier alpha value is -3.84. The fourth-order valence-corrected chi connectivity index (χ4v) is 4.56. The van der Waals surface area contributed by atoms with Crippen molar-refractivity contribution < 1.29 is 9.47 Å². The van der Waals surface area contributed by atoms with Crippen molar-refractivity contribution in [2.45, 2.75) is 33.0 Å². The monoisotopic (exact) mass is 485 g/mol. The lowest BCUT2D eigenvalue weighted by molar-refractivity contribution is 0.174. The minimum Gasteiger partial charge on any atom is -0.454 e. The van der Waals surface area contributed by atoms with Gasteiger partial charge in [-0.3, -0.25) is 4.79 Å². The molecule has 0 bridgehead atoms. The lowest BCUT2D eigenvalue weighted by atomic mass is 10.1. The van der Waals surface area contributed by atoms with E-state index in [2.05, 4.69) is 35.4 Å². The van der Waals surface area contributed by atoms with Gasteiger partial charge in [0.25, 0.3) is 5.56 Å². The largest absolute Gasteiger partial charge is 0.454 e. The predicted molar refractivity (Wildman–Crippen MR) is 142 cm³/mol. The van der Waals surface area contributed by atoms with Gasteiger partial charge in [-0.15, -0.1) is 0 Å². The van der Waals surface area contributed by atoms with Gasteiger partial charge in [-0.2, -0.15) is 0 Å². The summed E-state index contributed by atoms with van der Waals surface area (Å²) < 4.78 is 11.0. The highest BCUT2D eigenvalue weighted by molar-refractivity contribution is 7.80. The van der Waals surface area contributed by atoms with Crippen molar-refractivity contribution in [3.63, 3.8) is 0 Å². The normalized spacial score (nSPS) is 13.0. The van der Waals surface area contributed by atoms with Crippen LogP contribution in [0.15, 0.2) is 77.6 Å². The maximum absolute atomic E-state index is 12.9. The summed E-state index contributed by atoms with van der Waals surface area (Å²) in [6, 6.07) is 24.0. The van der Waals surface area contributed by atoms with Crippen molar-refractivity contribution in [1.29, 1.82) is 0 Å². The number of hydrogen-bond acceptors (Lipinski definition) is 4. The van der Waals surface area contributed by atoms with Crippen LogP contribution in [0, 0.1) is 6.92 Å². The summed E-state index contributed by atoms with van der Waals surface area (Å²) in [5.74, 6) is 1.46. The van der Waals surface area contributed by atoms with Gasteiger partial charge < -0.3 is 24.7 Å². The molecule has 3 aromatic carbocycles. The zero-order valence-electron chi connectivity index (χ0n) is 19.7. The molecule has 6 nitrogen and oxygen atoms in total. The highest BCUT2D eigenvalue weighted by Crippen LogP contribution is 2.33. The number of ether oxygens (including phenoxy) is 2. The fourth-order valence-electron chi connectivity index (χ4n) is 4.26. The van der Waals surface area contributed by atoms with Crippen LogP contribution >= 0.6 is 12.2 Å². The Bertz CT molecular complexity index is 1430. The molecule has 178 valence electrons. The molecule has 7 heteroatoms. The topological polar surface area (TPSA) is 66.6 Å². The minimum atomic E-state index is -0.115. The molecule has 5 rings (SSSR count). The molecule has 0 aliphatic carbocycles. The summed E-state index contributed by atoms with van der Waals surface area (Å²) in [6.45, 7) is 5.21. The average molecular weight is 486 g/mol. The summed E-state index contributed by atoms with van der Waals surface area (Å²) >= 11 is 5.86. The highest BCUT2D eigenvalue weighted by atomic mass is 32.1. The lowest BCUT2D eigenvalue weighted by Gasteiger charge is -2.28. The number of pyridine rings is 1. The quantitative estimate of drug-likeness (QED) is 0.366. The number of nitrogens with one attached hydrogen (secondary N) is 2. The molecular formula is C28H27N3O3S. The molecule has 0 saturated heterocycles.